The molecular formula is C16H20N4O. The average Bonchev–Trinajstić information content (AvgIpc) is 3.08. The van der Waals surface area contributed by atoms with Gasteiger partial charge < -0.3 is 14.8 Å². The molecule has 3 rings (SSSR count). The van der Waals surface area contributed by atoms with E-state index in [0.29, 0.717) is 18.2 Å². The first kappa shape index (κ1) is 14.1. The summed E-state index contributed by atoms with van der Waals surface area (Å²) in [7, 11) is 0. The Bertz CT molecular complexity index is 687. The van der Waals surface area contributed by atoms with Crippen LogP contribution in [0.5, 0.6) is 0 Å². The van der Waals surface area contributed by atoms with Crippen molar-refractivity contribution in [1.82, 2.24) is 14.7 Å². The van der Waals surface area contributed by atoms with Crippen molar-refractivity contribution < 1.29 is 5.11 Å². The van der Waals surface area contributed by atoms with E-state index >= 15 is 0 Å². The van der Waals surface area contributed by atoms with Crippen LogP contribution in [0.1, 0.15) is 37.4 Å². The van der Waals surface area contributed by atoms with Gasteiger partial charge in [-0.05, 0) is 25.0 Å². The first-order valence-electron chi connectivity index (χ1n) is 7.36. The van der Waals surface area contributed by atoms with E-state index in [2.05, 4.69) is 23.3 Å². The van der Waals surface area contributed by atoms with E-state index in [1.165, 1.54) is 0 Å². The molecule has 0 bridgehead atoms. The van der Waals surface area contributed by atoms with Crippen LogP contribution in [0.4, 0.5) is 0 Å². The summed E-state index contributed by atoms with van der Waals surface area (Å²) in [4.78, 5) is 4.36. The number of imidazole rings is 1. The smallest absolute Gasteiger partial charge is 0.137 e. The van der Waals surface area contributed by atoms with Gasteiger partial charge in [0.15, 0.2) is 0 Å². The van der Waals surface area contributed by atoms with Crippen molar-refractivity contribution in [3.63, 3.8) is 0 Å². The molecule has 0 radical (unpaired) electrons. The highest BCUT2D eigenvalue weighted by molar-refractivity contribution is 5.44. The van der Waals surface area contributed by atoms with E-state index in [1.807, 2.05) is 22.9 Å². The topological polar surface area (TPSA) is 73.3 Å². The third-order valence-electron chi connectivity index (χ3n) is 4.68. The van der Waals surface area contributed by atoms with Crippen LogP contribution in [0.3, 0.4) is 0 Å². The Kier molecular flexibility index (Phi) is 3.66. The number of rotatable bonds is 4. The van der Waals surface area contributed by atoms with Crippen molar-refractivity contribution >= 4 is 5.65 Å². The molecular weight excluding hydrogens is 264 g/mol. The maximum Gasteiger partial charge on any atom is 0.137 e. The number of hydrogen-bond donors (Lipinski definition) is 2. The number of aromatic nitrogens is 2. The van der Waals surface area contributed by atoms with E-state index in [0.717, 1.165) is 30.6 Å². The third-order valence-corrected chi connectivity index (χ3v) is 4.68. The molecule has 5 nitrogen and oxygen atoms in total. The van der Waals surface area contributed by atoms with Gasteiger partial charge in [-0.15, -0.1) is 0 Å². The number of hydrogen-bond acceptors (Lipinski definition) is 4. The van der Waals surface area contributed by atoms with Crippen LogP contribution in [0, 0.1) is 16.7 Å². The highest BCUT2D eigenvalue weighted by Gasteiger charge is 2.37. The molecule has 2 aromatic heterocycles. The number of nitriles is 1. The Balaban J connectivity index is 1.78. The Labute approximate surface area is 124 Å². The van der Waals surface area contributed by atoms with Crippen molar-refractivity contribution in [2.75, 3.05) is 6.61 Å². The third kappa shape index (κ3) is 2.53. The summed E-state index contributed by atoms with van der Waals surface area (Å²) in [5.41, 5.74) is 2.48. The Morgan fingerprint density at radius 2 is 2.43 bits per heavy atom. The van der Waals surface area contributed by atoms with E-state index in [9.17, 15) is 5.11 Å². The van der Waals surface area contributed by atoms with Crippen LogP contribution in [-0.2, 0) is 6.54 Å². The predicted molar refractivity (Wildman–Crippen MR) is 79.6 cm³/mol. The Morgan fingerprint density at radius 1 is 1.57 bits per heavy atom. The molecule has 0 amide bonds. The molecule has 0 aromatic carbocycles. The van der Waals surface area contributed by atoms with Crippen LogP contribution in [0.25, 0.3) is 5.65 Å². The van der Waals surface area contributed by atoms with Gasteiger partial charge in [0.1, 0.15) is 11.7 Å². The predicted octanol–water partition coefficient (Wildman–Crippen LogP) is 1.85. The molecule has 2 atom stereocenters. The van der Waals surface area contributed by atoms with Gasteiger partial charge in [0.2, 0.25) is 0 Å². The largest absolute Gasteiger partial charge is 0.396 e. The maximum absolute atomic E-state index is 9.60. The first-order chi connectivity index (χ1) is 10.2. The van der Waals surface area contributed by atoms with Gasteiger partial charge in [-0.25, -0.2) is 4.98 Å². The number of fused-ring (bicyclic) bond motifs is 1. The highest BCUT2D eigenvalue weighted by atomic mass is 16.3. The zero-order valence-electron chi connectivity index (χ0n) is 12.2. The zero-order valence-corrected chi connectivity index (χ0v) is 12.2. The molecule has 21 heavy (non-hydrogen) atoms. The van der Waals surface area contributed by atoms with E-state index in [1.54, 1.807) is 6.07 Å². The van der Waals surface area contributed by atoms with Gasteiger partial charge in [0.25, 0.3) is 0 Å². The lowest BCUT2D eigenvalue weighted by atomic mass is 9.86. The fraction of sp³-hybridized carbons (Fsp3) is 0.500. The van der Waals surface area contributed by atoms with E-state index in [-0.39, 0.29) is 12.0 Å². The monoisotopic (exact) mass is 284 g/mol. The second kappa shape index (κ2) is 5.47. The van der Waals surface area contributed by atoms with Gasteiger partial charge >= 0.3 is 0 Å². The Morgan fingerprint density at radius 3 is 3.19 bits per heavy atom. The summed E-state index contributed by atoms with van der Waals surface area (Å²) in [6, 6.07) is 6.11. The summed E-state index contributed by atoms with van der Waals surface area (Å²) < 4.78 is 1.96. The molecule has 2 unspecified atom stereocenters. The van der Waals surface area contributed by atoms with Crippen LogP contribution in [0.15, 0.2) is 24.5 Å². The minimum Gasteiger partial charge on any atom is -0.396 e. The molecule has 0 aliphatic heterocycles. The molecule has 2 heterocycles. The van der Waals surface area contributed by atoms with Crippen LogP contribution in [0.2, 0.25) is 0 Å². The quantitative estimate of drug-likeness (QED) is 0.898. The minimum absolute atomic E-state index is 0.0295. The normalized spacial score (nSPS) is 25.3. The average molecular weight is 284 g/mol. The van der Waals surface area contributed by atoms with E-state index < -0.39 is 0 Å². The van der Waals surface area contributed by atoms with Gasteiger partial charge in [-0.2, -0.15) is 5.26 Å². The molecule has 2 N–H and O–H groups in total. The van der Waals surface area contributed by atoms with Crippen molar-refractivity contribution in [3.05, 3.63) is 35.8 Å². The van der Waals surface area contributed by atoms with Crippen LogP contribution in [-0.4, -0.2) is 27.1 Å². The molecule has 5 heteroatoms. The number of aliphatic hydroxyl groups is 1. The molecule has 2 aromatic rings. The second-order valence-corrected chi connectivity index (χ2v) is 6.15. The molecule has 1 aliphatic rings. The SMILES string of the molecule is CC1(CO)CCCC1NCc1cnc2ccc(C#N)cn12. The summed E-state index contributed by atoms with van der Waals surface area (Å²) >= 11 is 0. The number of aliphatic hydroxyl groups excluding tert-OH is 1. The van der Waals surface area contributed by atoms with Crippen molar-refractivity contribution in [2.24, 2.45) is 5.41 Å². The second-order valence-electron chi connectivity index (χ2n) is 6.15. The number of nitrogens with one attached hydrogen (secondary N) is 1. The highest BCUT2D eigenvalue weighted by Crippen LogP contribution is 2.37. The van der Waals surface area contributed by atoms with Crippen molar-refractivity contribution in [2.45, 2.75) is 38.8 Å². The molecule has 1 aliphatic carbocycles. The summed E-state index contributed by atoms with van der Waals surface area (Å²) in [6.45, 7) is 3.05. The van der Waals surface area contributed by atoms with Gasteiger partial charge in [-0.1, -0.05) is 13.3 Å². The number of nitrogens with zero attached hydrogens (tertiary/aromatic N) is 3. The van der Waals surface area contributed by atoms with Crippen LogP contribution < -0.4 is 5.32 Å². The zero-order chi connectivity index (χ0) is 14.9. The van der Waals surface area contributed by atoms with Crippen LogP contribution >= 0.6 is 0 Å². The molecule has 0 saturated heterocycles. The molecule has 1 saturated carbocycles. The van der Waals surface area contributed by atoms with E-state index in [4.69, 9.17) is 5.26 Å². The first-order valence-corrected chi connectivity index (χ1v) is 7.36. The maximum atomic E-state index is 9.60. The fourth-order valence-electron chi connectivity index (χ4n) is 3.23. The van der Waals surface area contributed by atoms with Gasteiger partial charge in [0, 0.05) is 30.8 Å². The summed E-state index contributed by atoms with van der Waals surface area (Å²) in [6.07, 6.45) is 6.97. The minimum atomic E-state index is -0.0295. The van der Waals surface area contributed by atoms with Gasteiger partial charge in [-0.3, -0.25) is 0 Å². The van der Waals surface area contributed by atoms with Crippen molar-refractivity contribution in [1.29, 1.82) is 5.26 Å². The Hall–Kier alpha value is -1.90. The lowest BCUT2D eigenvalue weighted by molar-refractivity contribution is 0.118. The molecule has 110 valence electrons. The lowest BCUT2D eigenvalue weighted by Gasteiger charge is -2.30. The molecule has 0 spiro atoms. The van der Waals surface area contributed by atoms with Gasteiger partial charge in [0.05, 0.1) is 17.5 Å². The summed E-state index contributed by atoms with van der Waals surface area (Å²) in [5, 5.41) is 22.2. The lowest BCUT2D eigenvalue weighted by Crippen LogP contribution is -2.41. The summed E-state index contributed by atoms with van der Waals surface area (Å²) in [5.74, 6) is 0. The number of pyridine rings is 1. The standard InChI is InChI=1S/C16H20N4O/c1-16(11-21)6-2-3-14(16)18-8-13-9-19-15-5-4-12(7-17)10-20(13)15/h4-5,9-10,14,18,21H,2-3,6,8,11H2,1H3. The molecule has 1 fully saturated rings. The fourth-order valence-corrected chi connectivity index (χ4v) is 3.23. The van der Waals surface area contributed by atoms with Crippen molar-refractivity contribution in [3.8, 4) is 6.07 Å².